The minimum absolute atomic E-state index is 0.127. The van der Waals surface area contributed by atoms with E-state index >= 15 is 0 Å². The Morgan fingerprint density at radius 3 is 2.93 bits per heavy atom. The summed E-state index contributed by atoms with van der Waals surface area (Å²) in [7, 11) is 1.59. The third kappa shape index (κ3) is 5.72. The average molecular weight is 418 g/mol. The molecule has 1 aliphatic rings. The topological polar surface area (TPSA) is 89.4 Å². The van der Waals surface area contributed by atoms with Crippen LogP contribution >= 0.6 is 11.8 Å². The van der Waals surface area contributed by atoms with E-state index in [9.17, 15) is 9.59 Å². The van der Waals surface area contributed by atoms with Crippen molar-refractivity contribution < 1.29 is 14.3 Å². The zero-order valence-electron chi connectivity index (χ0n) is 16.9. The maximum absolute atomic E-state index is 12.3. The van der Waals surface area contributed by atoms with Crippen molar-refractivity contribution in [3.63, 3.8) is 0 Å². The van der Waals surface area contributed by atoms with Gasteiger partial charge in [-0.15, -0.1) is 10.2 Å². The molecule has 1 N–H and O–H groups in total. The first-order chi connectivity index (χ1) is 14.1. The molecule has 2 amide bonds. The molecule has 0 saturated carbocycles. The second kappa shape index (κ2) is 10.3. The molecule has 29 heavy (non-hydrogen) atoms. The fourth-order valence-corrected chi connectivity index (χ4v) is 4.09. The summed E-state index contributed by atoms with van der Waals surface area (Å²) < 4.78 is 7.14. The van der Waals surface area contributed by atoms with Crippen LogP contribution in [0.15, 0.2) is 29.4 Å². The molecule has 1 aliphatic heterocycles. The van der Waals surface area contributed by atoms with Gasteiger partial charge in [0.1, 0.15) is 5.75 Å². The Balaban J connectivity index is 1.59. The largest absolute Gasteiger partial charge is 0.497 e. The lowest BCUT2D eigenvalue weighted by molar-refractivity contribution is -0.131. The molecule has 2 heterocycles. The SMILES string of the molecule is CCn1c(CN2CCCCCC2=O)nnc1SCC(=O)Nc1cccc(OC)c1. The van der Waals surface area contributed by atoms with Crippen LogP contribution in [-0.4, -0.2) is 50.9 Å². The van der Waals surface area contributed by atoms with Crippen LogP contribution in [0, 0.1) is 0 Å². The number of hydrogen-bond acceptors (Lipinski definition) is 6. The van der Waals surface area contributed by atoms with Crippen LogP contribution in [0.2, 0.25) is 0 Å². The molecule has 1 fully saturated rings. The van der Waals surface area contributed by atoms with E-state index in [1.807, 2.05) is 34.6 Å². The summed E-state index contributed by atoms with van der Waals surface area (Å²) in [5.74, 6) is 1.73. The Morgan fingerprint density at radius 1 is 1.28 bits per heavy atom. The van der Waals surface area contributed by atoms with Crippen LogP contribution in [0.5, 0.6) is 5.75 Å². The Hall–Kier alpha value is -2.55. The third-order valence-electron chi connectivity index (χ3n) is 4.80. The second-order valence-corrected chi connectivity index (χ2v) is 7.78. The van der Waals surface area contributed by atoms with Crippen LogP contribution in [-0.2, 0) is 22.7 Å². The van der Waals surface area contributed by atoms with Crippen LogP contribution in [0.3, 0.4) is 0 Å². The standard InChI is InChI=1S/C20H27N5O3S/c1-3-25-17(13-24-11-6-4-5-10-19(24)27)22-23-20(25)29-14-18(26)21-15-8-7-9-16(12-15)28-2/h7-9,12H,3-6,10-11,13-14H2,1-2H3,(H,21,26). The van der Waals surface area contributed by atoms with E-state index in [0.717, 1.165) is 31.6 Å². The van der Waals surface area contributed by atoms with Gasteiger partial charge in [-0.3, -0.25) is 9.59 Å². The molecule has 2 aromatic rings. The lowest BCUT2D eigenvalue weighted by Gasteiger charge is -2.20. The maximum Gasteiger partial charge on any atom is 0.234 e. The van der Waals surface area contributed by atoms with Gasteiger partial charge in [-0.1, -0.05) is 24.2 Å². The van der Waals surface area contributed by atoms with Gasteiger partial charge in [0.25, 0.3) is 0 Å². The monoisotopic (exact) mass is 417 g/mol. The molecule has 8 nitrogen and oxygen atoms in total. The van der Waals surface area contributed by atoms with Crippen molar-refractivity contribution in [1.82, 2.24) is 19.7 Å². The number of nitrogens with zero attached hydrogens (tertiary/aromatic N) is 4. The number of aromatic nitrogens is 3. The molecule has 0 radical (unpaired) electrons. The molecule has 9 heteroatoms. The van der Waals surface area contributed by atoms with Gasteiger partial charge in [0.15, 0.2) is 11.0 Å². The highest BCUT2D eigenvalue weighted by molar-refractivity contribution is 7.99. The summed E-state index contributed by atoms with van der Waals surface area (Å²) in [4.78, 5) is 26.4. The molecular formula is C20H27N5O3S. The zero-order chi connectivity index (χ0) is 20.6. The van der Waals surface area contributed by atoms with Gasteiger partial charge in [-0.05, 0) is 31.9 Å². The summed E-state index contributed by atoms with van der Waals surface area (Å²) in [6.45, 7) is 3.93. The van der Waals surface area contributed by atoms with E-state index in [-0.39, 0.29) is 17.6 Å². The van der Waals surface area contributed by atoms with E-state index in [0.29, 0.717) is 36.1 Å². The molecule has 0 bridgehead atoms. The van der Waals surface area contributed by atoms with E-state index in [1.165, 1.54) is 11.8 Å². The van der Waals surface area contributed by atoms with Crippen LogP contribution < -0.4 is 10.1 Å². The molecule has 1 saturated heterocycles. The molecule has 0 spiro atoms. The highest BCUT2D eigenvalue weighted by atomic mass is 32.2. The van der Waals surface area contributed by atoms with Gasteiger partial charge >= 0.3 is 0 Å². The first-order valence-electron chi connectivity index (χ1n) is 9.87. The predicted octanol–water partition coefficient (Wildman–Crippen LogP) is 2.94. The van der Waals surface area contributed by atoms with Crippen molar-refractivity contribution in [3.8, 4) is 5.75 Å². The number of carbonyl (C=O) groups is 2. The van der Waals surface area contributed by atoms with E-state index in [1.54, 1.807) is 13.2 Å². The molecule has 0 aliphatic carbocycles. The molecule has 3 rings (SSSR count). The number of benzene rings is 1. The van der Waals surface area contributed by atoms with Gasteiger partial charge in [0.05, 0.1) is 19.4 Å². The number of carbonyl (C=O) groups excluding carboxylic acids is 2. The summed E-state index contributed by atoms with van der Waals surface area (Å²) in [5.41, 5.74) is 0.687. The maximum atomic E-state index is 12.3. The highest BCUT2D eigenvalue weighted by Crippen LogP contribution is 2.21. The fourth-order valence-electron chi connectivity index (χ4n) is 3.26. The van der Waals surface area contributed by atoms with Gasteiger partial charge in [-0.2, -0.15) is 0 Å². The molecule has 1 aromatic heterocycles. The Morgan fingerprint density at radius 2 is 2.14 bits per heavy atom. The van der Waals surface area contributed by atoms with Crippen LogP contribution in [0.4, 0.5) is 5.69 Å². The molecule has 0 atom stereocenters. The number of nitrogens with one attached hydrogen (secondary N) is 1. The smallest absolute Gasteiger partial charge is 0.234 e. The fraction of sp³-hybridized carbons (Fsp3) is 0.500. The number of likely N-dealkylation sites (tertiary alicyclic amines) is 1. The molecule has 1 aromatic carbocycles. The minimum Gasteiger partial charge on any atom is -0.497 e. The third-order valence-corrected chi connectivity index (χ3v) is 5.77. The van der Waals surface area contributed by atoms with E-state index in [2.05, 4.69) is 15.5 Å². The summed E-state index contributed by atoms with van der Waals surface area (Å²) in [5, 5.41) is 12.1. The first kappa shape index (κ1) is 21.2. The lowest BCUT2D eigenvalue weighted by Crippen LogP contribution is -2.31. The van der Waals surface area contributed by atoms with Gasteiger partial charge < -0.3 is 19.5 Å². The average Bonchev–Trinajstić information content (AvgIpc) is 3.00. The summed E-state index contributed by atoms with van der Waals surface area (Å²) >= 11 is 1.34. The number of ether oxygens (including phenoxy) is 1. The Kier molecular flexibility index (Phi) is 7.51. The predicted molar refractivity (Wildman–Crippen MR) is 112 cm³/mol. The van der Waals surface area contributed by atoms with E-state index in [4.69, 9.17) is 4.74 Å². The Bertz CT molecular complexity index is 854. The second-order valence-electron chi connectivity index (χ2n) is 6.84. The first-order valence-corrected chi connectivity index (χ1v) is 10.9. The normalized spacial score (nSPS) is 14.6. The highest BCUT2D eigenvalue weighted by Gasteiger charge is 2.21. The van der Waals surface area contributed by atoms with E-state index < -0.39 is 0 Å². The van der Waals surface area contributed by atoms with Gasteiger partial charge in [-0.25, -0.2) is 0 Å². The van der Waals surface area contributed by atoms with Gasteiger partial charge in [0.2, 0.25) is 11.8 Å². The quantitative estimate of drug-likeness (QED) is 0.664. The Labute approximate surface area is 175 Å². The van der Waals surface area contributed by atoms with Crippen molar-refractivity contribution in [2.75, 3.05) is 24.7 Å². The molecule has 0 unspecified atom stereocenters. The minimum atomic E-state index is -0.127. The van der Waals surface area contributed by atoms with Crippen molar-refractivity contribution in [2.45, 2.75) is 50.9 Å². The number of hydrogen-bond donors (Lipinski definition) is 1. The lowest BCUT2D eigenvalue weighted by atomic mass is 10.2. The van der Waals surface area contributed by atoms with Crippen molar-refractivity contribution in [2.24, 2.45) is 0 Å². The zero-order valence-corrected chi connectivity index (χ0v) is 17.7. The van der Waals surface area contributed by atoms with Crippen molar-refractivity contribution in [3.05, 3.63) is 30.1 Å². The number of methoxy groups -OCH3 is 1. The molecule has 156 valence electrons. The number of rotatable bonds is 8. The van der Waals surface area contributed by atoms with Crippen molar-refractivity contribution >= 4 is 29.3 Å². The van der Waals surface area contributed by atoms with Gasteiger partial charge in [0, 0.05) is 31.3 Å². The number of thioether (sulfide) groups is 1. The summed E-state index contributed by atoms with van der Waals surface area (Å²) in [6.07, 6.45) is 3.68. The van der Waals surface area contributed by atoms with Crippen LogP contribution in [0.1, 0.15) is 38.4 Å². The van der Waals surface area contributed by atoms with Crippen molar-refractivity contribution in [1.29, 1.82) is 0 Å². The summed E-state index contributed by atoms with van der Waals surface area (Å²) in [6, 6.07) is 7.24. The number of anilines is 1. The van der Waals surface area contributed by atoms with Crippen LogP contribution in [0.25, 0.3) is 0 Å². The number of amides is 2. The molecular weight excluding hydrogens is 390 g/mol.